The molecule has 0 amide bonds. The highest BCUT2D eigenvalue weighted by atomic mass is 79.9. The minimum Gasteiger partial charge on any atom is -0.292 e. The first-order valence-corrected chi connectivity index (χ1v) is 8.35. The van der Waals surface area contributed by atoms with Gasteiger partial charge in [-0.05, 0) is 39.5 Å². The molecular formula is C12H8BrClO2S2. The molecule has 0 saturated carbocycles. The predicted octanol–water partition coefficient (Wildman–Crippen LogP) is 4.15. The molecule has 6 heteroatoms. The molecule has 0 aliphatic heterocycles. The number of hydrogen-bond donors (Lipinski definition) is 0. The maximum atomic E-state index is 12.1. The number of ketones is 1. The van der Waals surface area contributed by atoms with Crippen LogP contribution in [0, 0.1) is 0 Å². The van der Waals surface area contributed by atoms with Crippen LogP contribution in [0.1, 0.15) is 9.67 Å². The molecule has 1 unspecified atom stereocenters. The number of carbonyl (C=O) groups is 1. The summed E-state index contributed by atoms with van der Waals surface area (Å²) in [5.41, 5.74) is 0. The zero-order chi connectivity index (χ0) is 13.1. The summed E-state index contributed by atoms with van der Waals surface area (Å²) in [4.78, 5) is 13.1. The third-order valence-corrected chi connectivity index (χ3v) is 5.91. The molecule has 0 aliphatic rings. The largest absolute Gasteiger partial charge is 0.292 e. The molecule has 0 aliphatic carbocycles. The number of hydrogen-bond acceptors (Lipinski definition) is 3. The van der Waals surface area contributed by atoms with Gasteiger partial charge < -0.3 is 0 Å². The quantitative estimate of drug-likeness (QED) is 0.765. The molecule has 2 rings (SSSR count). The molecule has 2 aromatic rings. The van der Waals surface area contributed by atoms with Gasteiger partial charge in [-0.25, -0.2) is 0 Å². The van der Waals surface area contributed by atoms with Crippen molar-refractivity contribution in [3.8, 4) is 0 Å². The lowest BCUT2D eigenvalue weighted by atomic mass is 10.3. The molecule has 0 saturated heterocycles. The van der Waals surface area contributed by atoms with E-state index in [-0.39, 0.29) is 11.5 Å². The Morgan fingerprint density at radius 3 is 2.67 bits per heavy atom. The molecule has 0 N–H and O–H groups in total. The van der Waals surface area contributed by atoms with E-state index in [1.165, 1.54) is 11.3 Å². The minimum absolute atomic E-state index is 0.0527. The fourth-order valence-electron chi connectivity index (χ4n) is 1.38. The Hall–Kier alpha value is -0.490. The number of Topliss-reactive ketones (excluding diaryl/α,β-unsaturated/α-hetero) is 1. The van der Waals surface area contributed by atoms with Crippen LogP contribution >= 0.6 is 38.9 Å². The van der Waals surface area contributed by atoms with Gasteiger partial charge in [0.1, 0.15) is 0 Å². The van der Waals surface area contributed by atoms with Crippen LogP contribution in [0.5, 0.6) is 0 Å². The van der Waals surface area contributed by atoms with Crippen molar-refractivity contribution in [1.82, 2.24) is 0 Å². The van der Waals surface area contributed by atoms with E-state index < -0.39 is 10.8 Å². The first-order chi connectivity index (χ1) is 8.59. The topological polar surface area (TPSA) is 34.1 Å². The minimum atomic E-state index is -1.41. The van der Waals surface area contributed by atoms with Crippen LogP contribution in [0.4, 0.5) is 0 Å². The van der Waals surface area contributed by atoms with Crippen LogP contribution in [-0.4, -0.2) is 15.7 Å². The Morgan fingerprint density at radius 1 is 1.33 bits per heavy atom. The van der Waals surface area contributed by atoms with Crippen LogP contribution < -0.4 is 0 Å². The Bertz CT molecular complexity index is 610. The lowest BCUT2D eigenvalue weighted by Gasteiger charge is -2.03. The second-order valence-corrected chi connectivity index (χ2v) is 7.04. The molecule has 1 aromatic heterocycles. The molecule has 0 bridgehead atoms. The summed E-state index contributed by atoms with van der Waals surface area (Å²) >= 11 is 10.6. The number of carbonyl (C=O) groups excluding carboxylic acids is 1. The molecular weight excluding hydrogens is 356 g/mol. The van der Waals surface area contributed by atoms with Gasteiger partial charge in [0.05, 0.1) is 31.3 Å². The van der Waals surface area contributed by atoms with Gasteiger partial charge in [0.25, 0.3) is 0 Å². The summed E-state index contributed by atoms with van der Waals surface area (Å²) in [7, 11) is -1.41. The smallest absolute Gasteiger partial charge is 0.186 e. The van der Waals surface area contributed by atoms with E-state index >= 15 is 0 Å². The Morgan fingerprint density at radius 2 is 2.06 bits per heavy atom. The average Bonchev–Trinajstić information content (AvgIpc) is 2.76. The SMILES string of the molecule is O=C(CS(=O)c1ccccc1Cl)c1sccc1Br. The zero-order valence-corrected chi connectivity index (χ0v) is 13.0. The van der Waals surface area contributed by atoms with Gasteiger partial charge in [-0.3, -0.25) is 9.00 Å². The van der Waals surface area contributed by atoms with Crippen molar-refractivity contribution in [3.63, 3.8) is 0 Å². The molecule has 1 atom stereocenters. The van der Waals surface area contributed by atoms with Crippen molar-refractivity contribution in [2.24, 2.45) is 0 Å². The van der Waals surface area contributed by atoms with Crippen LogP contribution in [0.25, 0.3) is 0 Å². The molecule has 18 heavy (non-hydrogen) atoms. The summed E-state index contributed by atoms with van der Waals surface area (Å²) in [6.45, 7) is 0. The van der Waals surface area contributed by atoms with E-state index in [0.29, 0.717) is 14.8 Å². The summed E-state index contributed by atoms with van der Waals surface area (Å²) < 4.78 is 12.8. The van der Waals surface area contributed by atoms with E-state index in [4.69, 9.17) is 11.6 Å². The lowest BCUT2D eigenvalue weighted by molar-refractivity contribution is 0.102. The molecule has 0 fully saturated rings. The Balaban J connectivity index is 2.16. The van der Waals surface area contributed by atoms with Crippen molar-refractivity contribution < 1.29 is 9.00 Å². The Labute approximate surface area is 125 Å². The highest BCUT2D eigenvalue weighted by molar-refractivity contribution is 9.10. The normalized spacial score (nSPS) is 12.3. The number of benzene rings is 1. The van der Waals surface area contributed by atoms with E-state index in [9.17, 15) is 9.00 Å². The van der Waals surface area contributed by atoms with Gasteiger partial charge >= 0.3 is 0 Å². The second-order valence-electron chi connectivity index (χ2n) is 3.44. The predicted molar refractivity (Wildman–Crippen MR) is 79.1 cm³/mol. The van der Waals surface area contributed by atoms with Crippen LogP contribution in [-0.2, 0) is 10.8 Å². The van der Waals surface area contributed by atoms with Gasteiger partial charge in [-0.2, -0.15) is 0 Å². The maximum absolute atomic E-state index is 12.1. The van der Waals surface area contributed by atoms with Crippen LogP contribution in [0.3, 0.4) is 0 Å². The molecule has 1 heterocycles. The molecule has 0 radical (unpaired) electrons. The lowest BCUT2D eigenvalue weighted by Crippen LogP contribution is -2.10. The first-order valence-electron chi connectivity index (χ1n) is 4.98. The summed E-state index contributed by atoms with van der Waals surface area (Å²) in [5, 5.41) is 2.24. The number of thiophene rings is 1. The van der Waals surface area contributed by atoms with Gasteiger partial charge in [0, 0.05) is 4.47 Å². The fraction of sp³-hybridized carbons (Fsp3) is 0.0833. The van der Waals surface area contributed by atoms with Crippen molar-refractivity contribution in [3.05, 3.63) is 50.1 Å². The summed E-state index contributed by atoms with van der Waals surface area (Å²) in [6.07, 6.45) is 0. The fourth-order valence-corrected chi connectivity index (χ4v) is 4.46. The third kappa shape index (κ3) is 3.09. The maximum Gasteiger partial charge on any atom is 0.186 e. The van der Waals surface area contributed by atoms with E-state index in [1.54, 1.807) is 30.3 Å². The average molecular weight is 364 g/mol. The monoisotopic (exact) mass is 362 g/mol. The first kappa shape index (κ1) is 13.9. The van der Waals surface area contributed by atoms with E-state index in [2.05, 4.69) is 15.9 Å². The van der Waals surface area contributed by atoms with E-state index in [0.717, 1.165) is 4.47 Å². The van der Waals surface area contributed by atoms with E-state index in [1.807, 2.05) is 5.38 Å². The molecule has 0 spiro atoms. The molecule has 94 valence electrons. The standard InChI is InChI=1S/C12H8BrClO2S2/c13-8-5-6-17-12(8)10(15)7-18(16)11-4-2-1-3-9(11)14/h1-6H,7H2. The van der Waals surface area contributed by atoms with Gasteiger partial charge in [-0.1, -0.05) is 23.7 Å². The zero-order valence-electron chi connectivity index (χ0n) is 9.06. The number of halogens is 2. The van der Waals surface area contributed by atoms with Crippen molar-refractivity contribution >= 4 is 55.5 Å². The number of rotatable bonds is 4. The second kappa shape index (κ2) is 6.10. The highest BCUT2D eigenvalue weighted by Crippen LogP contribution is 2.25. The summed E-state index contributed by atoms with van der Waals surface area (Å²) in [6, 6.07) is 8.66. The molecule has 1 aromatic carbocycles. The van der Waals surface area contributed by atoms with Crippen LogP contribution in [0.15, 0.2) is 45.1 Å². The summed E-state index contributed by atoms with van der Waals surface area (Å²) in [5.74, 6) is -0.196. The van der Waals surface area contributed by atoms with Gasteiger partial charge in [-0.15, -0.1) is 11.3 Å². The third-order valence-electron chi connectivity index (χ3n) is 2.21. The van der Waals surface area contributed by atoms with Crippen molar-refractivity contribution in [2.45, 2.75) is 4.90 Å². The van der Waals surface area contributed by atoms with Crippen LogP contribution in [0.2, 0.25) is 5.02 Å². The highest BCUT2D eigenvalue weighted by Gasteiger charge is 2.17. The molecule has 2 nitrogen and oxygen atoms in total. The van der Waals surface area contributed by atoms with Gasteiger partial charge in [0.2, 0.25) is 0 Å². The van der Waals surface area contributed by atoms with Gasteiger partial charge in [0.15, 0.2) is 5.78 Å². The van der Waals surface area contributed by atoms with Crippen molar-refractivity contribution in [2.75, 3.05) is 5.75 Å². The van der Waals surface area contributed by atoms with Crippen molar-refractivity contribution in [1.29, 1.82) is 0 Å². The Kier molecular flexibility index (Phi) is 4.72.